The Morgan fingerprint density at radius 2 is 2.11 bits per heavy atom. The lowest BCUT2D eigenvalue weighted by Gasteiger charge is -2.17. The Balaban J connectivity index is 1.93. The van der Waals surface area contributed by atoms with E-state index in [0.717, 1.165) is 12.0 Å². The SMILES string of the molecule is CCC1COC(=O)N1C(=O)CCc1ccccc1. The van der Waals surface area contributed by atoms with Crippen LogP contribution in [0, 0.1) is 0 Å². The van der Waals surface area contributed by atoms with Crippen LogP contribution in [-0.4, -0.2) is 29.5 Å². The molecule has 4 heteroatoms. The van der Waals surface area contributed by atoms with Crippen molar-refractivity contribution in [3.63, 3.8) is 0 Å². The van der Waals surface area contributed by atoms with Gasteiger partial charge in [0.1, 0.15) is 6.61 Å². The summed E-state index contributed by atoms with van der Waals surface area (Å²) in [6.45, 7) is 2.27. The molecule has 0 saturated carbocycles. The van der Waals surface area contributed by atoms with Crippen molar-refractivity contribution in [2.75, 3.05) is 6.61 Å². The molecule has 0 bridgehead atoms. The number of carbonyl (C=O) groups is 2. The maximum Gasteiger partial charge on any atom is 0.416 e. The highest BCUT2D eigenvalue weighted by Gasteiger charge is 2.36. The Hall–Kier alpha value is -1.84. The number of aryl methyl sites for hydroxylation is 1. The number of hydrogen-bond donors (Lipinski definition) is 0. The zero-order valence-corrected chi connectivity index (χ0v) is 10.5. The Kier molecular flexibility index (Phi) is 3.97. The van der Waals surface area contributed by atoms with Crippen molar-refractivity contribution in [2.24, 2.45) is 0 Å². The molecule has 1 atom stereocenters. The summed E-state index contributed by atoms with van der Waals surface area (Å²) in [7, 11) is 0. The molecule has 18 heavy (non-hydrogen) atoms. The van der Waals surface area contributed by atoms with Crippen LogP contribution in [0.3, 0.4) is 0 Å². The van der Waals surface area contributed by atoms with Crippen LogP contribution in [0.1, 0.15) is 25.3 Å². The second kappa shape index (κ2) is 5.67. The van der Waals surface area contributed by atoms with Gasteiger partial charge in [0, 0.05) is 6.42 Å². The number of ether oxygens (including phenoxy) is 1. The van der Waals surface area contributed by atoms with Crippen molar-refractivity contribution in [3.05, 3.63) is 35.9 Å². The first-order chi connectivity index (χ1) is 8.72. The van der Waals surface area contributed by atoms with Crippen LogP contribution in [0.15, 0.2) is 30.3 Å². The van der Waals surface area contributed by atoms with Crippen LogP contribution in [0.5, 0.6) is 0 Å². The van der Waals surface area contributed by atoms with Gasteiger partial charge in [-0.3, -0.25) is 4.79 Å². The van der Waals surface area contributed by atoms with E-state index >= 15 is 0 Å². The molecular weight excluding hydrogens is 230 g/mol. The third-order valence-corrected chi connectivity index (χ3v) is 3.17. The predicted octanol–water partition coefficient (Wildman–Crippen LogP) is 2.38. The largest absolute Gasteiger partial charge is 0.447 e. The zero-order chi connectivity index (χ0) is 13.0. The number of hydrogen-bond acceptors (Lipinski definition) is 3. The number of cyclic esters (lactones) is 1. The Labute approximate surface area is 107 Å². The van der Waals surface area contributed by atoms with Gasteiger partial charge in [-0.05, 0) is 18.4 Å². The van der Waals surface area contributed by atoms with Gasteiger partial charge >= 0.3 is 6.09 Å². The van der Waals surface area contributed by atoms with E-state index in [1.54, 1.807) is 0 Å². The van der Waals surface area contributed by atoms with Crippen LogP contribution >= 0.6 is 0 Å². The van der Waals surface area contributed by atoms with Crippen LogP contribution in [0.2, 0.25) is 0 Å². The number of rotatable bonds is 4. The lowest BCUT2D eigenvalue weighted by atomic mass is 10.1. The summed E-state index contributed by atoms with van der Waals surface area (Å²) >= 11 is 0. The van der Waals surface area contributed by atoms with Gasteiger partial charge in [-0.15, -0.1) is 0 Å². The average molecular weight is 247 g/mol. The van der Waals surface area contributed by atoms with Gasteiger partial charge in [0.2, 0.25) is 5.91 Å². The molecular formula is C14H17NO3. The monoisotopic (exact) mass is 247 g/mol. The van der Waals surface area contributed by atoms with Gasteiger partial charge < -0.3 is 4.74 Å². The molecule has 1 aliphatic rings. The second-order valence-corrected chi connectivity index (χ2v) is 4.39. The molecule has 0 radical (unpaired) electrons. The molecule has 1 heterocycles. The van der Waals surface area contributed by atoms with Crippen LogP contribution in [-0.2, 0) is 16.0 Å². The van der Waals surface area contributed by atoms with E-state index < -0.39 is 6.09 Å². The first-order valence-electron chi connectivity index (χ1n) is 6.25. The summed E-state index contributed by atoms with van der Waals surface area (Å²) in [5.41, 5.74) is 1.10. The summed E-state index contributed by atoms with van der Waals surface area (Å²) in [4.78, 5) is 24.8. The van der Waals surface area contributed by atoms with Crippen LogP contribution in [0.4, 0.5) is 4.79 Å². The van der Waals surface area contributed by atoms with E-state index in [2.05, 4.69) is 0 Å². The molecule has 0 aliphatic carbocycles. The van der Waals surface area contributed by atoms with Crippen LogP contribution in [0.25, 0.3) is 0 Å². The lowest BCUT2D eigenvalue weighted by molar-refractivity contribution is -0.129. The fourth-order valence-electron chi connectivity index (χ4n) is 2.08. The molecule has 1 fully saturated rings. The molecule has 0 aromatic heterocycles. The molecule has 1 saturated heterocycles. The smallest absolute Gasteiger partial charge is 0.416 e. The Morgan fingerprint density at radius 1 is 1.39 bits per heavy atom. The molecule has 1 aliphatic heterocycles. The van der Waals surface area contributed by atoms with E-state index in [-0.39, 0.29) is 11.9 Å². The zero-order valence-electron chi connectivity index (χ0n) is 10.5. The van der Waals surface area contributed by atoms with Gasteiger partial charge in [-0.2, -0.15) is 0 Å². The standard InChI is InChI=1S/C14H17NO3/c1-2-12-10-18-14(17)15(12)13(16)9-8-11-6-4-3-5-7-11/h3-7,12H,2,8-10H2,1H3. The number of carbonyl (C=O) groups excluding carboxylic acids is 2. The van der Waals surface area contributed by atoms with E-state index in [0.29, 0.717) is 19.4 Å². The fraction of sp³-hybridized carbons (Fsp3) is 0.429. The highest BCUT2D eigenvalue weighted by molar-refractivity contribution is 5.93. The summed E-state index contributed by atoms with van der Waals surface area (Å²) in [6, 6.07) is 9.69. The maximum atomic E-state index is 12.0. The number of amides is 2. The van der Waals surface area contributed by atoms with Crippen molar-refractivity contribution in [3.8, 4) is 0 Å². The number of nitrogens with zero attached hydrogens (tertiary/aromatic N) is 1. The van der Waals surface area contributed by atoms with Gasteiger partial charge in [-0.1, -0.05) is 37.3 Å². The normalized spacial score (nSPS) is 18.8. The molecule has 2 rings (SSSR count). The fourth-order valence-corrected chi connectivity index (χ4v) is 2.08. The third kappa shape index (κ3) is 2.70. The summed E-state index contributed by atoms with van der Waals surface area (Å²) in [5.74, 6) is -0.145. The molecule has 96 valence electrons. The first-order valence-corrected chi connectivity index (χ1v) is 6.25. The topological polar surface area (TPSA) is 46.6 Å². The molecule has 1 aromatic carbocycles. The summed E-state index contributed by atoms with van der Waals surface area (Å²) in [5, 5.41) is 0. The van der Waals surface area contributed by atoms with Crippen molar-refractivity contribution < 1.29 is 14.3 Å². The molecule has 0 N–H and O–H groups in total. The minimum Gasteiger partial charge on any atom is -0.447 e. The highest BCUT2D eigenvalue weighted by Crippen LogP contribution is 2.17. The van der Waals surface area contributed by atoms with E-state index in [9.17, 15) is 9.59 Å². The molecule has 1 unspecified atom stereocenters. The lowest BCUT2D eigenvalue weighted by Crippen LogP contribution is -2.38. The van der Waals surface area contributed by atoms with E-state index in [1.807, 2.05) is 37.3 Å². The van der Waals surface area contributed by atoms with Gasteiger partial charge in [-0.25, -0.2) is 9.69 Å². The van der Waals surface area contributed by atoms with Crippen molar-refractivity contribution in [1.29, 1.82) is 0 Å². The van der Waals surface area contributed by atoms with Gasteiger partial charge in [0.15, 0.2) is 0 Å². The van der Waals surface area contributed by atoms with E-state index in [4.69, 9.17) is 4.74 Å². The number of imide groups is 1. The summed E-state index contributed by atoms with van der Waals surface area (Å²) < 4.78 is 4.91. The maximum absolute atomic E-state index is 12.0. The van der Waals surface area contributed by atoms with E-state index in [1.165, 1.54) is 4.90 Å². The molecule has 1 aromatic rings. The average Bonchev–Trinajstić information content (AvgIpc) is 2.78. The third-order valence-electron chi connectivity index (χ3n) is 3.17. The van der Waals surface area contributed by atoms with Crippen molar-refractivity contribution >= 4 is 12.0 Å². The van der Waals surface area contributed by atoms with Crippen molar-refractivity contribution in [2.45, 2.75) is 32.2 Å². The Morgan fingerprint density at radius 3 is 2.78 bits per heavy atom. The quantitative estimate of drug-likeness (QED) is 0.820. The van der Waals surface area contributed by atoms with Gasteiger partial charge in [0.25, 0.3) is 0 Å². The predicted molar refractivity (Wildman–Crippen MR) is 67.0 cm³/mol. The van der Waals surface area contributed by atoms with Crippen molar-refractivity contribution in [1.82, 2.24) is 4.90 Å². The minimum atomic E-state index is -0.500. The number of benzene rings is 1. The highest BCUT2D eigenvalue weighted by atomic mass is 16.6. The molecule has 0 spiro atoms. The first kappa shape index (κ1) is 12.6. The van der Waals surface area contributed by atoms with Crippen LogP contribution < -0.4 is 0 Å². The Bertz CT molecular complexity index is 430. The minimum absolute atomic E-state index is 0.0965. The van der Waals surface area contributed by atoms with Gasteiger partial charge in [0.05, 0.1) is 6.04 Å². The molecule has 4 nitrogen and oxygen atoms in total. The molecule has 2 amide bonds. The second-order valence-electron chi connectivity index (χ2n) is 4.39. The summed E-state index contributed by atoms with van der Waals surface area (Å²) in [6.07, 6.45) is 1.23.